The molecule has 0 radical (unpaired) electrons. The van der Waals surface area contributed by atoms with E-state index in [4.69, 9.17) is 23.2 Å². The Hall–Kier alpha value is -1.56. The summed E-state index contributed by atoms with van der Waals surface area (Å²) in [6, 6.07) is 6.10. The third-order valence-electron chi connectivity index (χ3n) is 3.76. The van der Waals surface area contributed by atoms with Crippen LogP contribution in [0.2, 0.25) is 10.0 Å². The number of halogens is 2. The van der Waals surface area contributed by atoms with Gasteiger partial charge in [0.1, 0.15) is 6.04 Å². The molecule has 7 heteroatoms. The van der Waals surface area contributed by atoms with Crippen molar-refractivity contribution in [1.82, 2.24) is 4.90 Å². The van der Waals surface area contributed by atoms with E-state index in [1.165, 1.54) is 11.3 Å². The highest BCUT2D eigenvalue weighted by Gasteiger charge is 2.35. The lowest BCUT2D eigenvalue weighted by Gasteiger charge is -2.24. The molecule has 0 saturated carbocycles. The Morgan fingerprint density at radius 2 is 2.09 bits per heavy atom. The second-order valence-electron chi connectivity index (χ2n) is 5.28. The fourth-order valence-corrected chi connectivity index (χ4v) is 3.62. The van der Waals surface area contributed by atoms with E-state index < -0.39 is 6.04 Å². The van der Waals surface area contributed by atoms with Crippen LogP contribution in [-0.2, 0) is 4.79 Å². The molecule has 120 valence electrons. The molecular formula is C16H14Cl2N2O2S. The average molecular weight is 369 g/mol. The first-order valence-corrected chi connectivity index (χ1v) is 8.85. The molecule has 1 atom stereocenters. The molecule has 1 unspecified atom stereocenters. The summed E-state index contributed by atoms with van der Waals surface area (Å²) in [5.74, 6) is -0.437. The predicted octanol–water partition coefficient (Wildman–Crippen LogP) is 4.30. The highest BCUT2D eigenvalue weighted by atomic mass is 35.5. The lowest BCUT2D eigenvalue weighted by atomic mass is 10.1. The Morgan fingerprint density at radius 1 is 1.26 bits per heavy atom. The number of thiophene rings is 1. The lowest BCUT2D eigenvalue weighted by Crippen LogP contribution is -2.43. The van der Waals surface area contributed by atoms with Gasteiger partial charge in [0.05, 0.1) is 16.3 Å². The minimum atomic E-state index is -0.488. The molecule has 1 fully saturated rings. The average Bonchev–Trinajstić information content (AvgIpc) is 3.20. The van der Waals surface area contributed by atoms with Crippen LogP contribution in [0.1, 0.15) is 23.2 Å². The summed E-state index contributed by atoms with van der Waals surface area (Å²) in [7, 11) is 0. The third-order valence-corrected chi connectivity index (χ3v) is 5.01. The fourth-order valence-electron chi connectivity index (χ4n) is 2.66. The van der Waals surface area contributed by atoms with Crippen molar-refractivity contribution in [3.8, 4) is 0 Å². The summed E-state index contributed by atoms with van der Waals surface area (Å²) in [5, 5.41) is 7.36. The Labute approximate surface area is 148 Å². The minimum Gasteiger partial charge on any atom is -0.327 e. The number of nitrogens with one attached hydrogen (secondary N) is 1. The largest absolute Gasteiger partial charge is 0.327 e. The molecule has 0 bridgehead atoms. The van der Waals surface area contributed by atoms with Gasteiger partial charge in [0.2, 0.25) is 5.91 Å². The van der Waals surface area contributed by atoms with Crippen LogP contribution in [0, 0.1) is 0 Å². The van der Waals surface area contributed by atoms with Crippen molar-refractivity contribution >= 4 is 52.0 Å². The maximum Gasteiger partial charge on any atom is 0.256 e. The molecule has 0 aliphatic carbocycles. The molecule has 1 aromatic heterocycles. The number of hydrogen-bond acceptors (Lipinski definition) is 3. The Bertz CT molecular complexity index is 734. The zero-order chi connectivity index (χ0) is 16.4. The monoisotopic (exact) mass is 368 g/mol. The zero-order valence-corrected chi connectivity index (χ0v) is 14.4. The van der Waals surface area contributed by atoms with Crippen molar-refractivity contribution in [3.05, 3.63) is 50.6 Å². The van der Waals surface area contributed by atoms with Crippen molar-refractivity contribution in [2.45, 2.75) is 18.9 Å². The van der Waals surface area contributed by atoms with Gasteiger partial charge in [0.15, 0.2) is 0 Å². The van der Waals surface area contributed by atoms with Gasteiger partial charge >= 0.3 is 0 Å². The molecule has 1 saturated heterocycles. The molecule has 1 N–H and O–H groups in total. The van der Waals surface area contributed by atoms with Crippen LogP contribution in [0.5, 0.6) is 0 Å². The maximum absolute atomic E-state index is 12.7. The molecule has 1 aliphatic rings. The van der Waals surface area contributed by atoms with Gasteiger partial charge in [-0.3, -0.25) is 9.59 Å². The zero-order valence-electron chi connectivity index (χ0n) is 12.1. The minimum absolute atomic E-state index is 0.174. The molecule has 2 aromatic rings. The summed E-state index contributed by atoms with van der Waals surface area (Å²) in [5.41, 5.74) is 1.08. The molecule has 1 aromatic carbocycles. The normalized spacial score (nSPS) is 17.3. The molecule has 2 heterocycles. The molecule has 23 heavy (non-hydrogen) atoms. The van der Waals surface area contributed by atoms with Gasteiger partial charge in [0.25, 0.3) is 5.91 Å². The summed E-state index contributed by atoms with van der Waals surface area (Å²) < 4.78 is 0. The van der Waals surface area contributed by atoms with Crippen molar-refractivity contribution in [2.24, 2.45) is 0 Å². The molecule has 3 rings (SSSR count). The van der Waals surface area contributed by atoms with Crippen LogP contribution < -0.4 is 5.32 Å². The van der Waals surface area contributed by atoms with Gasteiger partial charge in [-0.2, -0.15) is 11.3 Å². The van der Waals surface area contributed by atoms with Crippen LogP contribution in [0.4, 0.5) is 5.69 Å². The number of benzene rings is 1. The van der Waals surface area contributed by atoms with Gasteiger partial charge in [0, 0.05) is 16.9 Å². The standard InChI is InChI=1S/C16H14Cl2N2O2S/c17-10-3-4-13(18)12(8-10)16(22)20-6-1-2-14(20)15(21)19-11-5-7-23-9-11/h3-5,7-9,14H,1-2,6H2,(H,19,21). The second-order valence-corrected chi connectivity index (χ2v) is 6.91. The Balaban J connectivity index is 1.79. The molecule has 0 spiro atoms. The van der Waals surface area contributed by atoms with E-state index in [9.17, 15) is 9.59 Å². The van der Waals surface area contributed by atoms with E-state index in [-0.39, 0.29) is 11.8 Å². The first kappa shape index (κ1) is 16.3. The van der Waals surface area contributed by atoms with Gasteiger partial charge in [-0.1, -0.05) is 23.2 Å². The number of amides is 2. The van der Waals surface area contributed by atoms with Gasteiger partial charge in [-0.15, -0.1) is 0 Å². The summed E-state index contributed by atoms with van der Waals surface area (Å²) in [4.78, 5) is 26.8. The molecule has 4 nitrogen and oxygen atoms in total. The van der Waals surface area contributed by atoms with Crippen molar-refractivity contribution in [3.63, 3.8) is 0 Å². The SMILES string of the molecule is O=C(Nc1ccsc1)C1CCCN1C(=O)c1cc(Cl)ccc1Cl. The molecular weight excluding hydrogens is 355 g/mol. The summed E-state index contributed by atoms with van der Waals surface area (Å²) in [6.07, 6.45) is 1.42. The van der Waals surface area contributed by atoms with E-state index in [1.807, 2.05) is 16.8 Å². The number of anilines is 1. The van der Waals surface area contributed by atoms with E-state index in [2.05, 4.69) is 5.32 Å². The van der Waals surface area contributed by atoms with E-state index in [1.54, 1.807) is 23.1 Å². The molecule has 1 aliphatic heterocycles. The number of carbonyl (C=O) groups is 2. The van der Waals surface area contributed by atoms with E-state index >= 15 is 0 Å². The van der Waals surface area contributed by atoms with Crippen LogP contribution >= 0.6 is 34.5 Å². The van der Waals surface area contributed by atoms with Crippen molar-refractivity contribution < 1.29 is 9.59 Å². The Kier molecular flexibility index (Phi) is 4.90. The van der Waals surface area contributed by atoms with Crippen LogP contribution in [0.3, 0.4) is 0 Å². The number of nitrogens with zero attached hydrogens (tertiary/aromatic N) is 1. The lowest BCUT2D eigenvalue weighted by molar-refractivity contribution is -0.119. The number of rotatable bonds is 3. The summed E-state index contributed by atoms with van der Waals surface area (Å²) >= 11 is 13.6. The second kappa shape index (κ2) is 6.91. The van der Waals surface area contributed by atoms with Crippen LogP contribution in [-0.4, -0.2) is 29.3 Å². The van der Waals surface area contributed by atoms with Crippen LogP contribution in [0.15, 0.2) is 35.0 Å². The number of likely N-dealkylation sites (tertiary alicyclic amines) is 1. The van der Waals surface area contributed by atoms with Gasteiger partial charge < -0.3 is 10.2 Å². The highest BCUT2D eigenvalue weighted by Crippen LogP contribution is 2.27. The fraction of sp³-hybridized carbons (Fsp3) is 0.250. The first-order chi connectivity index (χ1) is 11.1. The Morgan fingerprint density at radius 3 is 2.83 bits per heavy atom. The van der Waals surface area contributed by atoms with Crippen molar-refractivity contribution in [2.75, 3.05) is 11.9 Å². The smallest absolute Gasteiger partial charge is 0.256 e. The quantitative estimate of drug-likeness (QED) is 0.877. The van der Waals surface area contributed by atoms with Gasteiger partial charge in [-0.25, -0.2) is 0 Å². The van der Waals surface area contributed by atoms with Gasteiger partial charge in [-0.05, 0) is 42.5 Å². The number of carbonyl (C=O) groups excluding carboxylic acids is 2. The van der Waals surface area contributed by atoms with Crippen LogP contribution in [0.25, 0.3) is 0 Å². The topological polar surface area (TPSA) is 49.4 Å². The highest BCUT2D eigenvalue weighted by molar-refractivity contribution is 7.08. The third kappa shape index (κ3) is 3.52. The maximum atomic E-state index is 12.7. The number of hydrogen-bond donors (Lipinski definition) is 1. The first-order valence-electron chi connectivity index (χ1n) is 7.15. The predicted molar refractivity (Wildman–Crippen MR) is 93.5 cm³/mol. The van der Waals surface area contributed by atoms with E-state index in [0.29, 0.717) is 28.6 Å². The molecule has 2 amide bonds. The van der Waals surface area contributed by atoms with Crippen molar-refractivity contribution in [1.29, 1.82) is 0 Å². The van der Waals surface area contributed by atoms with E-state index in [0.717, 1.165) is 12.1 Å². The summed E-state index contributed by atoms with van der Waals surface area (Å²) in [6.45, 7) is 0.531.